The van der Waals surface area contributed by atoms with Crippen LogP contribution in [0.3, 0.4) is 0 Å². The van der Waals surface area contributed by atoms with Crippen LogP contribution in [0.25, 0.3) is 0 Å². The molecule has 1 fully saturated rings. The molecule has 1 aliphatic carbocycles. The normalized spacial score (nSPS) is 24.8. The van der Waals surface area contributed by atoms with Crippen LogP contribution in [0.2, 0.25) is 0 Å². The minimum atomic E-state index is 0.862. The fourth-order valence-electron chi connectivity index (χ4n) is 2.61. The molecule has 2 unspecified atom stereocenters. The molecule has 2 heteroatoms. The summed E-state index contributed by atoms with van der Waals surface area (Å²) in [7, 11) is 2.31. The summed E-state index contributed by atoms with van der Waals surface area (Å²) in [6.07, 6.45) is 8.19. The molecule has 2 nitrogen and oxygen atoms in total. The molecule has 16 heavy (non-hydrogen) atoms. The molecular formula is C14H30N2. The highest BCUT2D eigenvalue weighted by atomic mass is 15.1. The predicted molar refractivity (Wildman–Crippen MR) is 71.8 cm³/mol. The molecule has 0 aromatic rings. The standard InChI is InChI=1S/C14H30N2/c1-4-6-7-11-16(3)14-9-8-13(14)12-15-10-5-2/h13-15H,4-12H2,1-3H3. The lowest BCUT2D eigenvalue weighted by Gasteiger charge is -2.43. The second-order valence-corrected chi connectivity index (χ2v) is 5.30. The van der Waals surface area contributed by atoms with Gasteiger partial charge in [-0.1, -0.05) is 26.7 Å². The van der Waals surface area contributed by atoms with Crippen LogP contribution in [0.15, 0.2) is 0 Å². The predicted octanol–water partition coefficient (Wildman–Crippen LogP) is 2.89. The van der Waals surface area contributed by atoms with E-state index in [-0.39, 0.29) is 0 Å². The lowest BCUT2D eigenvalue weighted by molar-refractivity contribution is 0.0825. The molecule has 0 bridgehead atoms. The van der Waals surface area contributed by atoms with Crippen LogP contribution in [0.5, 0.6) is 0 Å². The van der Waals surface area contributed by atoms with E-state index >= 15 is 0 Å². The topological polar surface area (TPSA) is 15.3 Å². The molecule has 2 atom stereocenters. The van der Waals surface area contributed by atoms with Crippen molar-refractivity contribution in [3.8, 4) is 0 Å². The second kappa shape index (κ2) is 8.08. The van der Waals surface area contributed by atoms with Crippen LogP contribution >= 0.6 is 0 Å². The number of nitrogens with zero attached hydrogens (tertiary/aromatic N) is 1. The summed E-state index contributed by atoms with van der Waals surface area (Å²) in [6.45, 7) is 8.23. The molecule has 0 saturated heterocycles. The molecule has 1 aliphatic rings. The first-order chi connectivity index (χ1) is 7.79. The van der Waals surface area contributed by atoms with Crippen LogP contribution in [-0.2, 0) is 0 Å². The lowest BCUT2D eigenvalue weighted by Crippen LogP contribution is -2.49. The zero-order valence-electron chi connectivity index (χ0n) is 11.5. The minimum absolute atomic E-state index is 0.862. The van der Waals surface area contributed by atoms with Gasteiger partial charge in [-0.15, -0.1) is 0 Å². The highest BCUT2D eigenvalue weighted by Gasteiger charge is 2.32. The summed E-state index contributed by atoms with van der Waals surface area (Å²) < 4.78 is 0. The summed E-state index contributed by atoms with van der Waals surface area (Å²) >= 11 is 0. The first-order valence-electron chi connectivity index (χ1n) is 7.20. The van der Waals surface area contributed by atoms with Gasteiger partial charge in [-0.2, -0.15) is 0 Å². The third kappa shape index (κ3) is 4.42. The van der Waals surface area contributed by atoms with E-state index in [1.807, 2.05) is 0 Å². The maximum Gasteiger partial charge on any atom is 0.0133 e. The number of nitrogens with one attached hydrogen (secondary N) is 1. The van der Waals surface area contributed by atoms with Crippen molar-refractivity contribution in [3.05, 3.63) is 0 Å². The first kappa shape index (κ1) is 14.0. The van der Waals surface area contributed by atoms with Gasteiger partial charge < -0.3 is 10.2 Å². The van der Waals surface area contributed by atoms with Gasteiger partial charge in [0, 0.05) is 6.04 Å². The monoisotopic (exact) mass is 226 g/mol. The molecule has 1 N–H and O–H groups in total. The maximum atomic E-state index is 3.56. The highest BCUT2D eigenvalue weighted by Crippen LogP contribution is 2.31. The minimum Gasteiger partial charge on any atom is -0.316 e. The van der Waals surface area contributed by atoms with E-state index in [0.717, 1.165) is 12.0 Å². The first-order valence-corrected chi connectivity index (χ1v) is 7.20. The van der Waals surface area contributed by atoms with E-state index < -0.39 is 0 Å². The van der Waals surface area contributed by atoms with E-state index in [1.54, 1.807) is 0 Å². The van der Waals surface area contributed by atoms with Crippen molar-refractivity contribution in [1.82, 2.24) is 10.2 Å². The van der Waals surface area contributed by atoms with E-state index in [1.165, 1.54) is 58.2 Å². The van der Waals surface area contributed by atoms with Crippen molar-refractivity contribution in [2.45, 2.75) is 58.4 Å². The Kier molecular flexibility index (Phi) is 7.06. The van der Waals surface area contributed by atoms with Gasteiger partial charge in [-0.25, -0.2) is 0 Å². The molecule has 0 spiro atoms. The average molecular weight is 226 g/mol. The molecule has 0 aliphatic heterocycles. The van der Waals surface area contributed by atoms with Gasteiger partial charge >= 0.3 is 0 Å². The van der Waals surface area contributed by atoms with E-state index in [9.17, 15) is 0 Å². The summed E-state index contributed by atoms with van der Waals surface area (Å²) in [6, 6.07) is 0.862. The number of rotatable bonds is 9. The molecule has 96 valence electrons. The van der Waals surface area contributed by atoms with Crippen LogP contribution in [-0.4, -0.2) is 37.6 Å². The van der Waals surface area contributed by atoms with Crippen molar-refractivity contribution >= 4 is 0 Å². The Morgan fingerprint density at radius 3 is 2.50 bits per heavy atom. The fraction of sp³-hybridized carbons (Fsp3) is 1.00. The van der Waals surface area contributed by atoms with Crippen molar-refractivity contribution in [2.75, 3.05) is 26.7 Å². The van der Waals surface area contributed by atoms with Crippen LogP contribution in [0.1, 0.15) is 52.4 Å². The molecule has 1 saturated carbocycles. The third-order valence-electron chi connectivity index (χ3n) is 3.89. The highest BCUT2D eigenvalue weighted by molar-refractivity contribution is 4.88. The molecule has 0 heterocycles. The second-order valence-electron chi connectivity index (χ2n) is 5.30. The molecule has 0 aromatic heterocycles. The molecule has 0 amide bonds. The average Bonchev–Trinajstić information content (AvgIpc) is 2.23. The van der Waals surface area contributed by atoms with Gasteiger partial charge in [0.15, 0.2) is 0 Å². The van der Waals surface area contributed by atoms with E-state index in [4.69, 9.17) is 0 Å². The number of unbranched alkanes of at least 4 members (excludes halogenated alkanes) is 2. The van der Waals surface area contributed by atoms with Crippen molar-refractivity contribution in [2.24, 2.45) is 5.92 Å². The molecule has 0 aromatic carbocycles. The van der Waals surface area contributed by atoms with Crippen molar-refractivity contribution < 1.29 is 0 Å². The molecule has 0 radical (unpaired) electrons. The maximum absolute atomic E-state index is 3.56. The van der Waals surface area contributed by atoms with Crippen LogP contribution < -0.4 is 5.32 Å². The number of hydrogen-bond donors (Lipinski definition) is 1. The Labute approximate surface area is 102 Å². The summed E-state index contributed by atoms with van der Waals surface area (Å²) in [4.78, 5) is 2.59. The van der Waals surface area contributed by atoms with Gasteiger partial charge in [-0.05, 0) is 58.3 Å². The van der Waals surface area contributed by atoms with Crippen molar-refractivity contribution in [1.29, 1.82) is 0 Å². The van der Waals surface area contributed by atoms with Crippen LogP contribution in [0.4, 0.5) is 0 Å². The zero-order valence-corrected chi connectivity index (χ0v) is 11.5. The van der Waals surface area contributed by atoms with Crippen LogP contribution in [0, 0.1) is 5.92 Å². The Bertz CT molecular complexity index is 158. The third-order valence-corrected chi connectivity index (χ3v) is 3.89. The van der Waals surface area contributed by atoms with Gasteiger partial charge in [0.2, 0.25) is 0 Å². The zero-order chi connectivity index (χ0) is 11.8. The Hall–Kier alpha value is -0.0800. The molecular weight excluding hydrogens is 196 g/mol. The van der Waals surface area contributed by atoms with Gasteiger partial charge in [0.1, 0.15) is 0 Å². The number of hydrogen-bond acceptors (Lipinski definition) is 2. The lowest BCUT2D eigenvalue weighted by atomic mass is 9.78. The summed E-state index contributed by atoms with van der Waals surface area (Å²) in [5.74, 6) is 0.915. The Morgan fingerprint density at radius 1 is 1.12 bits per heavy atom. The SMILES string of the molecule is CCCCCN(C)C1CCC1CNCCC. The summed E-state index contributed by atoms with van der Waals surface area (Å²) in [5, 5.41) is 3.56. The Morgan fingerprint density at radius 2 is 1.94 bits per heavy atom. The largest absolute Gasteiger partial charge is 0.316 e. The quantitative estimate of drug-likeness (QED) is 0.608. The fourth-order valence-corrected chi connectivity index (χ4v) is 2.61. The summed E-state index contributed by atoms with van der Waals surface area (Å²) in [5.41, 5.74) is 0. The smallest absolute Gasteiger partial charge is 0.0133 e. The van der Waals surface area contributed by atoms with E-state index in [2.05, 4.69) is 31.1 Å². The van der Waals surface area contributed by atoms with Gasteiger partial charge in [-0.3, -0.25) is 0 Å². The van der Waals surface area contributed by atoms with Gasteiger partial charge in [0.25, 0.3) is 0 Å². The van der Waals surface area contributed by atoms with E-state index in [0.29, 0.717) is 0 Å². The molecule has 1 rings (SSSR count). The Balaban J connectivity index is 2.10. The van der Waals surface area contributed by atoms with Gasteiger partial charge in [0.05, 0.1) is 0 Å². The van der Waals surface area contributed by atoms with Crippen molar-refractivity contribution in [3.63, 3.8) is 0 Å².